The first kappa shape index (κ1) is 7.98. The van der Waals surface area contributed by atoms with E-state index in [0.29, 0.717) is 0 Å². The highest BCUT2D eigenvalue weighted by atomic mass is 16.1. The summed E-state index contributed by atoms with van der Waals surface area (Å²) in [5.74, 6) is 0. The monoisotopic (exact) mass is 152 g/mol. The van der Waals surface area contributed by atoms with Gasteiger partial charge in [-0.3, -0.25) is 9.78 Å². The zero-order chi connectivity index (χ0) is 8.10. The summed E-state index contributed by atoms with van der Waals surface area (Å²) in [4.78, 5) is 17.3. The second kappa shape index (κ2) is 3.91. The van der Waals surface area contributed by atoms with Crippen molar-refractivity contribution in [3.8, 4) is 0 Å². The van der Waals surface area contributed by atoms with E-state index in [2.05, 4.69) is 16.9 Å². The molecule has 1 aromatic rings. The second-order valence-electron chi connectivity index (χ2n) is 2.53. The van der Waals surface area contributed by atoms with Gasteiger partial charge in [0.15, 0.2) is 0 Å². The Morgan fingerprint density at radius 2 is 2.36 bits per heavy atom. The molecule has 0 atom stereocenters. The first-order valence-corrected chi connectivity index (χ1v) is 3.86. The largest absolute Gasteiger partial charge is 0.323 e. The Balaban J connectivity index is 2.64. The van der Waals surface area contributed by atoms with Crippen LogP contribution in [0.4, 0.5) is 0 Å². The molecule has 0 amide bonds. The zero-order valence-corrected chi connectivity index (χ0v) is 6.63. The van der Waals surface area contributed by atoms with E-state index in [1.165, 1.54) is 6.20 Å². The molecule has 0 aliphatic rings. The molecule has 0 aliphatic carbocycles. The van der Waals surface area contributed by atoms with E-state index in [1.54, 1.807) is 6.20 Å². The third-order valence-corrected chi connectivity index (χ3v) is 1.51. The minimum atomic E-state index is -0.112. The molecule has 60 valence electrons. The molecule has 0 fully saturated rings. The molecule has 0 aromatic carbocycles. The van der Waals surface area contributed by atoms with Gasteiger partial charge < -0.3 is 4.98 Å². The Bertz CT molecular complexity index is 267. The number of rotatable bonds is 3. The van der Waals surface area contributed by atoms with Crippen LogP contribution >= 0.6 is 0 Å². The molecular weight excluding hydrogens is 140 g/mol. The van der Waals surface area contributed by atoms with Gasteiger partial charge in [0.2, 0.25) is 0 Å². The van der Waals surface area contributed by atoms with E-state index in [-0.39, 0.29) is 5.56 Å². The van der Waals surface area contributed by atoms with E-state index < -0.39 is 0 Å². The van der Waals surface area contributed by atoms with Gasteiger partial charge in [-0.2, -0.15) is 0 Å². The van der Waals surface area contributed by atoms with E-state index in [0.717, 1.165) is 25.0 Å². The maximum atomic E-state index is 10.7. The molecule has 1 aromatic heterocycles. The topological polar surface area (TPSA) is 45.8 Å². The van der Waals surface area contributed by atoms with Crippen LogP contribution in [-0.2, 0) is 6.42 Å². The number of nitrogens with one attached hydrogen (secondary N) is 1. The summed E-state index contributed by atoms with van der Waals surface area (Å²) in [6.45, 7) is 2.12. The van der Waals surface area contributed by atoms with Crippen molar-refractivity contribution in [3.05, 3.63) is 28.4 Å². The fraction of sp³-hybridized carbons (Fsp3) is 0.500. The predicted octanol–water partition coefficient (Wildman–Crippen LogP) is 1.11. The van der Waals surface area contributed by atoms with Crippen molar-refractivity contribution >= 4 is 0 Å². The van der Waals surface area contributed by atoms with Crippen LogP contribution in [0.1, 0.15) is 25.5 Å². The third kappa shape index (κ3) is 2.53. The fourth-order valence-electron chi connectivity index (χ4n) is 0.912. The summed E-state index contributed by atoms with van der Waals surface area (Å²) in [6, 6.07) is 0. The summed E-state index contributed by atoms with van der Waals surface area (Å²) in [7, 11) is 0. The number of aromatic amines is 1. The van der Waals surface area contributed by atoms with Gasteiger partial charge in [-0.15, -0.1) is 0 Å². The standard InChI is InChI=1S/C8H12N2O/c1-2-3-4-7-5-9-6-8(11)10-7/h5-6H,2-4H2,1H3,(H,10,11). The number of unbranched alkanes of at least 4 members (excludes halogenated alkanes) is 1. The van der Waals surface area contributed by atoms with Crippen LogP contribution in [0, 0.1) is 0 Å². The van der Waals surface area contributed by atoms with E-state index in [9.17, 15) is 4.79 Å². The minimum absolute atomic E-state index is 0.112. The summed E-state index contributed by atoms with van der Waals surface area (Å²) >= 11 is 0. The predicted molar refractivity (Wildman–Crippen MR) is 43.5 cm³/mol. The zero-order valence-electron chi connectivity index (χ0n) is 6.63. The lowest BCUT2D eigenvalue weighted by Crippen LogP contribution is -2.07. The Morgan fingerprint density at radius 3 is 3.00 bits per heavy atom. The molecule has 0 saturated carbocycles. The number of H-pyrrole nitrogens is 1. The van der Waals surface area contributed by atoms with Crippen molar-refractivity contribution < 1.29 is 0 Å². The van der Waals surface area contributed by atoms with Gasteiger partial charge in [-0.1, -0.05) is 13.3 Å². The van der Waals surface area contributed by atoms with Crippen LogP contribution < -0.4 is 5.56 Å². The van der Waals surface area contributed by atoms with Crippen LogP contribution in [0.3, 0.4) is 0 Å². The molecule has 1 rings (SSSR count). The highest BCUT2D eigenvalue weighted by Gasteiger charge is 1.91. The van der Waals surface area contributed by atoms with E-state index in [1.807, 2.05) is 0 Å². The number of nitrogens with zero attached hydrogens (tertiary/aromatic N) is 1. The smallest absolute Gasteiger partial charge is 0.266 e. The lowest BCUT2D eigenvalue weighted by molar-refractivity contribution is 0.768. The van der Waals surface area contributed by atoms with Gasteiger partial charge >= 0.3 is 0 Å². The van der Waals surface area contributed by atoms with Gasteiger partial charge in [0.1, 0.15) is 0 Å². The molecule has 1 N–H and O–H groups in total. The van der Waals surface area contributed by atoms with Crippen molar-refractivity contribution in [1.29, 1.82) is 0 Å². The molecule has 0 spiro atoms. The molecule has 0 saturated heterocycles. The van der Waals surface area contributed by atoms with Gasteiger partial charge in [-0.05, 0) is 12.8 Å². The summed E-state index contributed by atoms with van der Waals surface area (Å²) in [6.07, 6.45) is 6.14. The second-order valence-corrected chi connectivity index (χ2v) is 2.53. The van der Waals surface area contributed by atoms with Crippen molar-refractivity contribution in [2.45, 2.75) is 26.2 Å². The van der Waals surface area contributed by atoms with Gasteiger partial charge in [-0.25, -0.2) is 0 Å². The van der Waals surface area contributed by atoms with Crippen LogP contribution in [0.25, 0.3) is 0 Å². The SMILES string of the molecule is CCCCc1cncc(=O)[nH]1. The summed E-state index contributed by atoms with van der Waals surface area (Å²) in [5, 5.41) is 0. The Labute approximate surface area is 65.5 Å². The van der Waals surface area contributed by atoms with Crippen molar-refractivity contribution in [1.82, 2.24) is 9.97 Å². The molecule has 3 heteroatoms. The highest BCUT2D eigenvalue weighted by molar-refractivity contribution is 4.94. The van der Waals surface area contributed by atoms with Crippen LogP contribution in [-0.4, -0.2) is 9.97 Å². The normalized spacial score (nSPS) is 9.91. The van der Waals surface area contributed by atoms with Crippen molar-refractivity contribution in [2.24, 2.45) is 0 Å². The van der Waals surface area contributed by atoms with Gasteiger partial charge in [0.05, 0.1) is 6.20 Å². The van der Waals surface area contributed by atoms with Crippen LogP contribution in [0.5, 0.6) is 0 Å². The maximum absolute atomic E-state index is 10.7. The lowest BCUT2D eigenvalue weighted by atomic mass is 10.2. The van der Waals surface area contributed by atoms with Crippen molar-refractivity contribution in [3.63, 3.8) is 0 Å². The van der Waals surface area contributed by atoms with Crippen LogP contribution in [0.15, 0.2) is 17.2 Å². The minimum Gasteiger partial charge on any atom is -0.323 e. The molecule has 0 unspecified atom stereocenters. The summed E-state index contributed by atoms with van der Waals surface area (Å²) < 4.78 is 0. The molecule has 0 bridgehead atoms. The van der Waals surface area contributed by atoms with Crippen LogP contribution in [0.2, 0.25) is 0 Å². The van der Waals surface area contributed by atoms with E-state index >= 15 is 0 Å². The lowest BCUT2D eigenvalue weighted by Gasteiger charge is -1.96. The Morgan fingerprint density at radius 1 is 1.55 bits per heavy atom. The van der Waals surface area contributed by atoms with Gasteiger partial charge in [0.25, 0.3) is 5.56 Å². The molecule has 3 nitrogen and oxygen atoms in total. The quantitative estimate of drug-likeness (QED) is 0.705. The average molecular weight is 152 g/mol. The van der Waals surface area contributed by atoms with E-state index in [4.69, 9.17) is 0 Å². The number of aryl methyl sites for hydroxylation is 1. The maximum Gasteiger partial charge on any atom is 0.266 e. The Hall–Kier alpha value is -1.12. The summed E-state index contributed by atoms with van der Waals surface area (Å²) in [5.41, 5.74) is 0.818. The molecule has 1 heterocycles. The fourth-order valence-corrected chi connectivity index (χ4v) is 0.912. The molecule has 0 aliphatic heterocycles. The highest BCUT2D eigenvalue weighted by Crippen LogP contribution is 1.96. The number of hydrogen-bond donors (Lipinski definition) is 1. The Kier molecular flexibility index (Phi) is 2.83. The van der Waals surface area contributed by atoms with Crippen molar-refractivity contribution in [2.75, 3.05) is 0 Å². The number of hydrogen-bond acceptors (Lipinski definition) is 2. The third-order valence-electron chi connectivity index (χ3n) is 1.51. The first-order valence-electron chi connectivity index (χ1n) is 3.86. The first-order chi connectivity index (χ1) is 5.33. The molecule has 0 radical (unpaired) electrons. The molecule has 11 heavy (non-hydrogen) atoms. The van der Waals surface area contributed by atoms with Gasteiger partial charge in [0, 0.05) is 11.9 Å². The number of aromatic nitrogens is 2. The average Bonchev–Trinajstić information content (AvgIpc) is 2.01. The molecular formula is C8H12N2O.